The van der Waals surface area contributed by atoms with Crippen LogP contribution in [0.2, 0.25) is 0 Å². The van der Waals surface area contributed by atoms with Crippen molar-refractivity contribution in [3.63, 3.8) is 0 Å². The van der Waals surface area contributed by atoms with Gasteiger partial charge in [0.15, 0.2) is 12.0 Å². The Morgan fingerprint density at radius 1 is 1.53 bits per heavy atom. The number of thiazole rings is 1. The quantitative estimate of drug-likeness (QED) is 0.762. The van der Waals surface area contributed by atoms with Gasteiger partial charge in [-0.25, -0.2) is 9.98 Å². The summed E-state index contributed by atoms with van der Waals surface area (Å²) >= 11 is 1.48. The van der Waals surface area contributed by atoms with Crippen LogP contribution in [0.3, 0.4) is 0 Å². The predicted octanol–water partition coefficient (Wildman–Crippen LogP) is 0.422. The molecule has 3 rings (SSSR count). The van der Waals surface area contributed by atoms with Crippen LogP contribution in [-0.2, 0) is 4.79 Å². The molecule has 2 heterocycles. The molecule has 2 N–H and O–H groups in total. The lowest BCUT2D eigenvalue weighted by Crippen LogP contribution is -2.37. The summed E-state index contributed by atoms with van der Waals surface area (Å²) in [4.78, 5) is 20.0. The van der Waals surface area contributed by atoms with E-state index in [0.29, 0.717) is 12.0 Å². The molecule has 0 bridgehead atoms. The summed E-state index contributed by atoms with van der Waals surface area (Å²) in [6, 6.07) is 0.0377. The normalized spacial score (nSPS) is 24.9. The van der Waals surface area contributed by atoms with Gasteiger partial charge < -0.3 is 5.32 Å². The van der Waals surface area contributed by atoms with Crippen LogP contribution in [0.5, 0.6) is 0 Å². The number of guanidine groups is 1. The fourth-order valence-electron chi connectivity index (χ4n) is 1.46. The zero-order valence-electron chi connectivity index (χ0n) is 7.93. The van der Waals surface area contributed by atoms with Gasteiger partial charge in [-0.15, -0.1) is 11.3 Å². The highest BCUT2D eigenvalue weighted by molar-refractivity contribution is 7.07. The highest BCUT2D eigenvalue weighted by Gasteiger charge is 2.32. The van der Waals surface area contributed by atoms with E-state index in [0.717, 1.165) is 18.5 Å². The first kappa shape index (κ1) is 8.84. The van der Waals surface area contributed by atoms with Gasteiger partial charge in [0.05, 0.1) is 11.2 Å². The summed E-state index contributed by atoms with van der Waals surface area (Å²) in [6.07, 6.45) is 2.33. The number of nitrogens with one attached hydrogen (secondary N) is 2. The van der Waals surface area contributed by atoms with Crippen molar-refractivity contribution in [2.75, 3.05) is 0 Å². The average molecular weight is 222 g/mol. The third-order valence-corrected chi connectivity index (χ3v) is 3.00. The summed E-state index contributed by atoms with van der Waals surface area (Å²) in [5.74, 6) is 0.504. The molecule has 0 radical (unpaired) electrons. The molecule has 1 aromatic heterocycles. The fourth-order valence-corrected chi connectivity index (χ4v) is 2.03. The van der Waals surface area contributed by atoms with Crippen molar-refractivity contribution in [2.45, 2.75) is 24.9 Å². The first-order valence-corrected chi connectivity index (χ1v) is 5.80. The summed E-state index contributed by atoms with van der Waals surface area (Å²) in [5, 5.41) is 7.75. The molecule has 0 saturated heterocycles. The Kier molecular flexibility index (Phi) is 1.95. The van der Waals surface area contributed by atoms with E-state index in [1.54, 1.807) is 5.51 Å². The van der Waals surface area contributed by atoms with Crippen molar-refractivity contribution in [1.29, 1.82) is 0 Å². The topological polar surface area (TPSA) is 66.4 Å². The predicted molar refractivity (Wildman–Crippen MR) is 56.6 cm³/mol. The van der Waals surface area contributed by atoms with Crippen molar-refractivity contribution in [3.05, 3.63) is 16.6 Å². The summed E-state index contributed by atoms with van der Waals surface area (Å²) < 4.78 is 0. The van der Waals surface area contributed by atoms with Crippen molar-refractivity contribution < 1.29 is 4.79 Å². The van der Waals surface area contributed by atoms with Gasteiger partial charge in [-0.3, -0.25) is 10.1 Å². The Morgan fingerprint density at radius 3 is 3.07 bits per heavy atom. The number of amides is 1. The molecule has 0 aromatic carbocycles. The second-order valence-corrected chi connectivity index (χ2v) is 4.42. The minimum atomic E-state index is -0.461. The van der Waals surface area contributed by atoms with E-state index in [2.05, 4.69) is 20.6 Å². The van der Waals surface area contributed by atoms with Crippen LogP contribution < -0.4 is 10.6 Å². The first-order valence-electron chi connectivity index (χ1n) is 4.86. The number of hydrogen-bond donors (Lipinski definition) is 2. The van der Waals surface area contributed by atoms with Crippen molar-refractivity contribution >= 4 is 23.2 Å². The fraction of sp³-hybridized carbons (Fsp3) is 0.444. The molecule has 1 aromatic rings. The maximum Gasteiger partial charge on any atom is 0.257 e. The van der Waals surface area contributed by atoms with Crippen molar-refractivity contribution in [1.82, 2.24) is 15.6 Å². The van der Waals surface area contributed by atoms with Crippen molar-refractivity contribution in [3.8, 4) is 0 Å². The number of carbonyl (C=O) groups excluding carboxylic acids is 1. The first-order chi connectivity index (χ1) is 7.33. The molecule has 1 aliphatic carbocycles. The minimum absolute atomic E-state index is 0.0935. The third-order valence-electron chi connectivity index (χ3n) is 2.40. The monoisotopic (exact) mass is 222 g/mol. The van der Waals surface area contributed by atoms with Crippen LogP contribution in [0, 0.1) is 0 Å². The average Bonchev–Trinajstić information content (AvgIpc) is 2.76. The molecule has 78 valence electrons. The van der Waals surface area contributed by atoms with Crippen LogP contribution in [-0.4, -0.2) is 22.9 Å². The van der Waals surface area contributed by atoms with Gasteiger partial charge in [0.1, 0.15) is 0 Å². The van der Waals surface area contributed by atoms with E-state index in [1.165, 1.54) is 11.3 Å². The van der Waals surface area contributed by atoms with Gasteiger partial charge >= 0.3 is 0 Å². The molecule has 1 aliphatic heterocycles. The number of nitrogens with zero attached hydrogens (tertiary/aromatic N) is 2. The molecule has 1 fully saturated rings. The zero-order valence-corrected chi connectivity index (χ0v) is 8.75. The number of aliphatic imine (C=N–C) groups is 1. The van der Waals surface area contributed by atoms with Gasteiger partial charge in [0.2, 0.25) is 0 Å². The van der Waals surface area contributed by atoms with E-state index in [9.17, 15) is 4.79 Å². The van der Waals surface area contributed by atoms with Crippen LogP contribution in [0.4, 0.5) is 0 Å². The van der Waals surface area contributed by atoms with E-state index < -0.39 is 6.04 Å². The molecule has 15 heavy (non-hydrogen) atoms. The lowest BCUT2D eigenvalue weighted by Gasteiger charge is -2.00. The van der Waals surface area contributed by atoms with E-state index >= 15 is 0 Å². The molecular weight excluding hydrogens is 212 g/mol. The van der Waals surface area contributed by atoms with Crippen LogP contribution in [0.1, 0.15) is 24.6 Å². The van der Waals surface area contributed by atoms with E-state index in [1.807, 2.05) is 5.38 Å². The largest absolute Gasteiger partial charge is 0.353 e. The van der Waals surface area contributed by atoms with E-state index in [-0.39, 0.29) is 5.91 Å². The van der Waals surface area contributed by atoms with Gasteiger partial charge in [0.25, 0.3) is 5.91 Å². The van der Waals surface area contributed by atoms with Crippen molar-refractivity contribution in [2.24, 2.45) is 4.99 Å². The summed E-state index contributed by atoms with van der Waals surface area (Å²) in [6.45, 7) is 0. The Balaban J connectivity index is 1.78. The second-order valence-electron chi connectivity index (χ2n) is 3.70. The van der Waals surface area contributed by atoms with Gasteiger partial charge in [0, 0.05) is 11.4 Å². The highest BCUT2D eigenvalue weighted by Crippen LogP contribution is 2.23. The number of hydrogen-bond acceptors (Lipinski definition) is 5. The summed E-state index contributed by atoms with van der Waals surface area (Å²) in [7, 11) is 0. The van der Waals surface area contributed by atoms with Crippen LogP contribution in [0.15, 0.2) is 15.9 Å². The molecule has 0 spiro atoms. The maximum absolute atomic E-state index is 11.6. The Hall–Kier alpha value is -1.43. The molecule has 1 saturated carbocycles. The van der Waals surface area contributed by atoms with Gasteiger partial charge in [-0.2, -0.15) is 0 Å². The molecule has 1 unspecified atom stereocenters. The lowest BCUT2D eigenvalue weighted by molar-refractivity contribution is -0.120. The molecule has 5 nitrogen and oxygen atoms in total. The van der Waals surface area contributed by atoms with Crippen LogP contribution >= 0.6 is 11.3 Å². The number of aromatic nitrogens is 1. The van der Waals surface area contributed by atoms with Gasteiger partial charge in [-0.1, -0.05) is 0 Å². The molecule has 1 atom stereocenters. The number of rotatable bonds is 2. The Morgan fingerprint density at radius 2 is 2.40 bits per heavy atom. The maximum atomic E-state index is 11.6. The lowest BCUT2D eigenvalue weighted by atomic mass is 10.2. The molecule has 2 aliphatic rings. The molecular formula is C9H10N4OS. The third kappa shape index (κ3) is 1.72. The zero-order chi connectivity index (χ0) is 10.3. The molecule has 1 amide bonds. The minimum Gasteiger partial charge on any atom is -0.353 e. The Bertz CT molecular complexity index is 410. The second kappa shape index (κ2) is 3.30. The van der Waals surface area contributed by atoms with Crippen LogP contribution in [0.25, 0.3) is 0 Å². The van der Waals surface area contributed by atoms with E-state index in [4.69, 9.17) is 0 Å². The smallest absolute Gasteiger partial charge is 0.257 e. The van der Waals surface area contributed by atoms with Gasteiger partial charge in [-0.05, 0) is 12.8 Å². The molecule has 6 heteroatoms. The SMILES string of the molecule is O=C1NC(NC2CC2)=NC1c1cscn1. The Labute approximate surface area is 90.6 Å². The number of carbonyl (C=O) groups is 1. The highest BCUT2D eigenvalue weighted by atomic mass is 32.1. The standard InChI is InChI=1S/C9H10N4OS/c14-8-7(6-3-15-4-10-6)12-9(13-8)11-5-1-2-5/h3-5,7H,1-2H2,(H2,11,12,13,14). The summed E-state index contributed by atoms with van der Waals surface area (Å²) in [5.41, 5.74) is 2.44.